The van der Waals surface area contributed by atoms with Crippen LogP contribution in [0.4, 0.5) is 11.4 Å². The minimum absolute atomic E-state index is 0.131. The van der Waals surface area contributed by atoms with Gasteiger partial charge in [0.15, 0.2) is 0 Å². The molecule has 144 valence electrons. The second-order valence-corrected chi connectivity index (χ2v) is 7.66. The van der Waals surface area contributed by atoms with Crippen molar-refractivity contribution >= 4 is 45.3 Å². The molecule has 3 aromatic carbocycles. The lowest BCUT2D eigenvalue weighted by Gasteiger charge is -2.12. The van der Waals surface area contributed by atoms with Gasteiger partial charge in [-0.1, -0.05) is 18.2 Å². The molecule has 0 bridgehead atoms. The van der Waals surface area contributed by atoms with E-state index in [0.717, 1.165) is 33.2 Å². The van der Waals surface area contributed by atoms with Crippen molar-refractivity contribution in [1.29, 1.82) is 0 Å². The summed E-state index contributed by atoms with van der Waals surface area (Å²) in [5.41, 5.74) is 16.3. The van der Waals surface area contributed by atoms with Crippen LogP contribution in [0.15, 0.2) is 65.4 Å². The molecule has 0 saturated heterocycles. The standard InChI is InChI=1S/C23H19N3O2S/c1-13-8-19(21(24)20(9-13)22(25)27)16-3-2-15-11-18(5-4-14(15)10-16)26-23(28)17-6-7-29-12-17/h2-12H,24H2,1H3,(H2,25,27)(H,26,28). The molecule has 0 saturated carbocycles. The molecule has 0 aliphatic rings. The summed E-state index contributed by atoms with van der Waals surface area (Å²) in [6, 6.07) is 17.1. The van der Waals surface area contributed by atoms with Crippen molar-refractivity contribution < 1.29 is 9.59 Å². The van der Waals surface area contributed by atoms with E-state index in [4.69, 9.17) is 11.5 Å². The molecule has 4 aromatic rings. The Labute approximate surface area is 172 Å². The Morgan fingerprint density at radius 3 is 2.45 bits per heavy atom. The van der Waals surface area contributed by atoms with Crippen molar-refractivity contribution in [2.75, 3.05) is 11.1 Å². The first kappa shape index (κ1) is 18.7. The maximum absolute atomic E-state index is 12.3. The van der Waals surface area contributed by atoms with E-state index >= 15 is 0 Å². The molecule has 0 aliphatic heterocycles. The zero-order valence-electron chi connectivity index (χ0n) is 15.7. The highest BCUT2D eigenvalue weighted by Gasteiger charge is 2.13. The molecule has 4 rings (SSSR count). The summed E-state index contributed by atoms with van der Waals surface area (Å²) in [5, 5.41) is 8.59. The second kappa shape index (κ2) is 7.41. The van der Waals surface area contributed by atoms with Gasteiger partial charge in [-0.05, 0) is 70.6 Å². The minimum Gasteiger partial charge on any atom is -0.398 e. The first-order chi connectivity index (χ1) is 13.9. The molecule has 0 radical (unpaired) electrons. The number of thiophene rings is 1. The van der Waals surface area contributed by atoms with Crippen LogP contribution in [-0.2, 0) is 0 Å². The average molecular weight is 401 g/mol. The number of carbonyl (C=O) groups excluding carboxylic acids is 2. The van der Waals surface area contributed by atoms with Gasteiger partial charge in [0.2, 0.25) is 0 Å². The molecule has 0 fully saturated rings. The fourth-order valence-electron chi connectivity index (χ4n) is 3.33. The molecule has 2 amide bonds. The Kier molecular flexibility index (Phi) is 4.78. The number of fused-ring (bicyclic) bond motifs is 1. The van der Waals surface area contributed by atoms with E-state index < -0.39 is 5.91 Å². The fraction of sp³-hybridized carbons (Fsp3) is 0.0435. The summed E-state index contributed by atoms with van der Waals surface area (Å²) in [7, 11) is 0. The summed E-state index contributed by atoms with van der Waals surface area (Å²) in [6.07, 6.45) is 0. The number of amides is 2. The third kappa shape index (κ3) is 3.70. The summed E-state index contributed by atoms with van der Waals surface area (Å²) in [6.45, 7) is 1.90. The number of hydrogen-bond donors (Lipinski definition) is 3. The van der Waals surface area contributed by atoms with Crippen LogP contribution < -0.4 is 16.8 Å². The van der Waals surface area contributed by atoms with Crippen LogP contribution >= 0.6 is 11.3 Å². The highest BCUT2D eigenvalue weighted by molar-refractivity contribution is 7.08. The van der Waals surface area contributed by atoms with Crippen LogP contribution in [0.3, 0.4) is 0 Å². The number of carbonyl (C=O) groups is 2. The molecule has 5 nitrogen and oxygen atoms in total. The van der Waals surface area contributed by atoms with Crippen molar-refractivity contribution in [3.8, 4) is 11.1 Å². The van der Waals surface area contributed by atoms with Gasteiger partial charge in [-0.2, -0.15) is 11.3 Å². The molecule has 6 heteroatoms. The van der Waals surface area contributed by atoms with Crippen LogP contribution in [0, 0.1) is 6.92 Å². The summed E-state index contributed by atoms with van der Waals surface area (Å²) in [5.74, 6) is -0.673. The van der Waals surface area contributed by atoms with Crippen molar-refractivity contribution in [2.45, 2.75) is 6.92 Å². The number of nitrogens with two attached hydrogens (primary N) is 2. The first-order valence-electron chi connectivity index (χ1n) is 9.00. The van der Waals surface area contributed by atoms with Crippen molar-refractivity contribution in [3.05, 3.63) is 82.0 Å². The maximum atomic E-state index is 12.3. The molecular formula is C23H19N3O2S. The highest BCUT2D eigenvalue weighted by atomic mass is 32.1. The molecule has 1 aromatic heterocycles. The lowest BCUT2D eigenvalue weighted by molar-refractivity contribution is 0.0998. The number of nitrogen functional groups attached to an aromatic ring is 1. The van der Waals surface area contributed by atoms with Gasteiger partial charge in [-0.15, -0.1) is 0 Å². The van der Waals surface area contributed by atoms with Gasteiger partial charge in [-0.25, -0.2) is 0 Å². The van der Waals surface area contributed by atoms with E-state index in [1.54, 1.807) is 12.1 Å². The van der Waals surface area contributed by atoms with Gasteiger partial charge >= 0.3 is 0 Å². The van der Waals surface area contributed by atoms with E-state index in [1.807, 2.05) is 60.1 Å². The average Bonchev–Trinajstić information content (AvgIpc) is 3.24. The van der Waals surface area contributed by atoms with Crippen LogP contribution in [0.1, 0.15) is 26.3 Å². The Morgan fingerprint density at radius 2 is 1.72 bits per heavy atom. The third-order valence-electron chi connectivity index (χ3n) is 4.78. The number of benzene rings is 3. The molecule has 0 unspecified atom stereocenters. The highest BCUT2D eigenvalue weighted by Crippen LogP contribution is 2.33. The Bertz CT molecular complexity index is 1250. The Morgan fingerprint density at radius 1 is 0.966 bits per heavy atom. The topological polar surface area (TPSA) is 98.2 Å². The van der Waals surface area contributed by atoms with Gasteiger partial charge < -0.3 is 16.8 Å². The SMILES string of the molecule is Cc1cc(C(N)=O)c(N)c(-c2ccc3cc(NC(=O)c4ccsc4)ccc3c2)c1. The van der Waals surface area contributed by atoms with E-state index in [-0.39, 0.29) is 5.91 Å². The molecular weight excluding hydrogens is 382 g/mol. The summed E-state index contributed by atoms with van der Waals surface area (Å²) < 4.78 is 0. The Balaban J connectivity index is 1.69. The number of aryl methyl sites for hydroxylation is 1. The van der Waals surface area contributed by atoms with Crippen LogP contribution in [0.5, 0.6) is 0 Å². The molecule has 0 atom stereocenters. The lowest BCUT2D eigenvalue weighted by atomic mass is 9.95. The van der Waals surface area contributed by atoms with Gasteiger partial charge in [0.05, 0.1) is 16.8 Å². The van der Waals surface area contributed by atoms with Gasteiger partial charge in [-0.3, -0.25) is 9.59 Å². The second-order valence-electron chi connectivity index (χ2n) is 6.88. The van der Waals surface area contributed by atoms with Crippen LogP contribution in [-0.4, -0.2) is 11.8 Å². The van der Waals surface area contributed by atoms with E-state index in [2.05, 4.69) is 5.32 Å². The first-order valence-corrected chi connectivity index (χ1v) is 9.94. The third-order valence-corrected chi connectivity index (χ3v) is 5.47. The summed E-state index contributed by atoms with van der Waals surface area (Å²) >= 11 is 1.49. The summed E-state index contributed by atoms with van der Waals surface area (Å²) in [4.78, 5) is 23.9. The van der Waals surface area contributed by atoms with Gasteiger partial charge in [0.1, 0.15) is 0 Å². The fourth-order valence-corrected chi connectivity index (χ4v) is 3.96. The van der Waals surface area contributed by atoms with Crippen molar-refractivity contribution in [3.63, 3.8) is 0 Å². The quantitative estimate of drug-likeness (QED) is 0.428. The van der Waals surface area contributed by atoms with E-state index in [9.17, 15) is 9.59 Å². The Hall–Kier alpha value is -3.64. The normalized spacial score (nSPS) is 10.8. The largest absolute Gasteiger partial charge is 0.398 e. The zero-order chi connectivity index (χ0) is 20.5. The molecule has 1 heterocycles. The molecule has 5 N–H and O–H groups in total. The predicted octanol–water partition coefficient (Wildman–Crippen LogP) is 4.81. The maximum Gasteiger partial charge on any atom is 0.256 e. The van der Waals surface area contributed by atoms with E-state index in [1.165, 1.54) is 11.3 Å². The lowest BCUT2D eigenvalue weighted by Crippen LogP contribution is -2.14. The molecule has 0 spiro atoms. The smallest absolute Gasteiger partial charge is 0.256 e. The monoisotopic (exact) mass is 401 g/mol. The van der Waals surface area contributed by atoms with Gasteiger partial charge in [0, 0.05) is 16.6 Å². The number of hydrogen-bond acceptors (Lipinski definition) is 4. The van der Waals surface area contributed by atoms with Crippen LogP contribution in [0.25, 0.3) is 21.9 Å². The predicted molar refractivity (Wildman–Crippen MR) is 119 cm³/mol. The zero-order valence-corrected chi connectivity index (χ0v) is 16.5. The minimum atomic E-state index is -0.542. The number of anilines is 2. The van der Waals surface area contributed by atoms with Crippen LogP contribution in [0.2, 0.25) is 0 Å². The number of primary amides is 1. The van der Waals surface area contributed by atoms with Crippen molar-refractivity contribution in [2.24, 2.45) is 5.73 Å². The molecule has 29 heavy (non-hydrogen) atoms. The van der Waals surface area contributed by atoms with E-state index in [0.29, 0.717) is 16.8 Å². The molecule has 0 aliphatic carbocycles. The number of rotatable bonds is 4. The van der Waals surface area contributed by atoms with Crippen molar-refractivity contribution in [1.82, 2.24) is 0 Å². The van der Waals surface area contributed by atoms with Gasteiger partial charge in [0.25, 0.3) is 11.8 Å². The number of nitrogens with one attached hydrogen (secondary N) is 1.